The first-order valence-corrected chi connectivity index (χ1v) is 14.2. The molecule has 206 valence electrons. The Labute approximate surface area is 222 Å². The molecule has 1 unspecified atom stereocenters. The molecule has 37 heavy (non-hydrogen) atoms. The molecule has 0 saturated carbocycles. The third-order valence-electron chi connectivity index (χ3n) is 8.07. The van der Waals surface area contributed by atoms with Gasteiger partial charge >= 0.3 is 0 Å². The van der Waals surface area contributed by atoms with Crippen LogP contribution < -0.4 is 5.32 Å². The summed E-state index contributed by atoms with van der Waals surface area (Å²) in [7, 11) is 0. The third kappa shape index (κ3) is 6.71. The maximum absolute atomic E-state index is 14.3. The third-order valence-corrected chi connectivity index (χ3v) is 8.07. The fraction of sp³-hybridized carbons (Fsp3) is 0.667. The second-order valence-corrected chi connectivity index (χ2v) is 10.6. The Balaban J connectivity index is 2.01. The average molecular weight is 517 g/mol. The van der Waals surface area contributed by atoms with E-state index in [-0.39, 0.29) is 12.3 Å². The number of alkyl halides is 2. The van der Waals surface area contributed by atoms with Crippen molar-refractivity contribution < 1.29 is 13.6 Å². The SMILES string of the molecule is C/C=C(\CC)C1=CC2=C(CC1C(F)F)N(C(=N)C1=C(NC(CCC)CCC)CCN(C(C)=O)C1)CCC2. The highest BCUT2D eigenvalue weighted by Crippen LogP contribution is 2.42. The van der Waals surface area contributed by atoms with Crippen LogP contribution in [-0.2, 0) is 4.79 Å². The molecule has 2 N–H and O–H groups in total. The molecule has 0 saturated heterocycles. The Kier molecular flexibility index (Phi) is 10.5. The molecule has 0 radical (unpaired) electrons. The van der Waals surface area contributed by atoms with E-state index in [9.17, 15) is 19.0 Å². The molecule has 2 aliphatic heterocycles. The molecule has 1 aliphatic carbocycles. The van der Waals surface area contributed by atoms with Crippen molar-refractivity contribution in [3.63, 3.8) is 0 Å². The van der Waals surface area contributed by atoms with E-state index in [4.69, 9.17) is 0 Å². The number of carbonyl (C=O) groups excluding carboxylic acids is 1. The van der Waals surface area contributed by atoms with E-state index >= 15 is 0 Å². The second-order valence-electron chi connectivity index (χ2n) is 10.6. The van der Waals surface area contributed by atoms with Gasteiger partial charge in [-0.15, -0.1) is 0 Å². The van der Waals surface area contributed by atoms with Crippen molar-refractivity contribution in [2.24, 2.45) is 5.92 Å². The van der Waals surface area contributed by atoms with Crippen molar-refractivity contribution >= 4 is 11.7 Å². The summed E-state index contributed by atoms with van der Waals surface area (Å²) in [6.07, 6.45) is 9.15. The van der Waals surface area contributed by atoms with Crippen LogP contribution in [0.15, 0.2) is 45.8 Å². The van der Waals surface area contributed by atoms with Gasteiger partial charge in [0.2, 0.25) is 12.3 Å². The van der Waals surface area contributed by atoms with E-state index < -0.39 is 12.3 Å². The van der Waals surface area contributed by atoms with Crippen LogP contribution in [0.25, 0.3) is 0 Å². The first-order chi connectivity index (χ1) is 17.7. The zero-order valence-electron chi connectivity index (χ0n) is 23.4. The molecule has 3 aliphatic rings. The Morgan fingerprint density at radius 2 is 1.89 bits per heavy atom. The number of hydrogen-bond acceptors (Lipinski definition) is 3. The van der Waals surface area contributed by atoms with Gasteiger partial charge in [-0.3, -0.25) is 10.2 Å². The Bertz CT molecular complexity index is 972. The number of halogens is 2. The zero-order valence-corrected chi connectivity index (χ0v) is 23.4. The zero-order chi connectivity index (χ0) is 27.1. The summed E-state index contributed by atoms with van der Waals surface area (Å²) in [5.41, 5.74) is 5.57. The summed E-state index contributed by atoms with van der Waals surface area (Å²) in [6.45, 7) is 11.5. The van der Waals surface area contributed by atoms with Crippen molar-refractivity contribution in [3.05, 3.63) is 45.8 Å². The minimum absolute atomic E-state index is 0.00280. The lowest BCUT2D eigenvalue weighted by Crippen LogP contribution is -2.46. The number of amides is 1. The summed E-state index contributed by atoms with van der Waals surface area (Å²) >= 11 is 0. The summed E-state index contributed by atoms with van der Waals surface area (Å²) in [5, 5.41) is 13.1. The maximum atomic E-state index is 14.3. The van der Waals surface area contributed by atoms with Crippen molar-refractivity contribution in [2.75, 3.05) is 19.6 Å². The topological polar surface area (TPSA) is 59.4 Å². The molecule has 2 heterocycles. The smallest absolute Gasteiger partial charge is 0.245 e. The lowest BCUT2D eigenvalue weighted by atomic mass is 9.79. The standard InChI is InChI=1S/C30H46F2N4O/c1-6-11-23(12-7-2)34-27-14-16-35(20(5)37)19-26(27)30(33)36-15-10-13-22-17-24(21(8-3)9-4)25(29(31)32)18-28(22)36/h8,17,23,25,29,33-34H,6-7,9-16,18-19H2,1-5H3/b21-8+,33-30?. The number of rotatable bonds is 10. The fourth-order valence-corrected chi connectivity index (χ4v) is 6.07. The van der Waals surface area contributed by atoms with E-state index in [1.54, 1.807) is 11.8 Å². The van der Waals surface area contributed by atoms with E-state index in [2.05, 4.69) is 19.2 Å². The second kappa shape index (κ2) is 13.4. The summed E-state index contributed by atoms with van der Waals surface area (Å²) in [6, 6.07) is 0.337. The molecule has 5 nitrogen and oxygen atoms in total. The van der Waals surface area contributed by atoms with Crippen LogP contribution in [0.5, 0.6) is 0 Å². The van der Waals surface area contributed by atoms with Crippen LogP contribution in [0.3, 0.4) is 0 Å². The molecule has 1 amide bonds. The number of nitrogens with one attached hydrogen (secondary N) is 2. The maximum Gasteiger partial charge on any atom is 0.245 e. The number of carbonyl (C=O) groups is 1. The van der Waals surface area contributed by atoms with Gasteiger partial charge in [0.1, 0.15) is 5.84 Å². The lowest BCUT2D eigenvalue weighted by molar-refractivity contribution is -0.128. The molecule has 0 aromatic heterocycles. The minimum atomic E-state index is -2.46. The molecule has 0 aromatic carbocycles. The number of hydrogen-bond donors (Lipinski definition) is 2. The molecule has 0 bridgehead atoms. The van der Waals surface area contributed by atoms with Crippen LogP contribution >= 0.6 is 0 Å². The number of allylic oxidation sites excluding steroid dienone is 6. The minimum Gasteiger partial charge on any atom is -0.385 e. The van der Waals surface area contributed by atoms with Gasteiger partial charge in [-0.25, -0.2) is 8.78 Å². The lowest BCUT2D eigenvalue weighted by Gasteiger charge is -2.41. The summed E-state index contributed by atoms with van der Waals surface area (Å²) < 4.78 is 28.6. The predicted molar refractivity (Wildman–Crippen MR) is 148 cm³/mol. The van der Waals surface area contributed by atoms with Crippen molar-refractivity contribution in [1.82, 2.24) is 15.1 Å². The monoisotopic (exact) mass is 516 g/mol. The fourth-order valence-electron chi connectivity index (χ4n) is 6.07. The van der Waals surface area contributed by atoms with Gasteiger partial charge in [-0.2, -0.15) is 0 Å². The first-order valence-electron chi connectivity index (χ1n) is 14.2. The van der Waals surface area contributed by atoms with E-state index in [1.165, 1.54) is 0 Å². The normalized spacial score (nSPS) is 21.1. The molecule has 0 aromatic rings. The van der Waals surface area contributed by atoms with Crippen LogP contribution in [0.2, 0.25) is 0 Å². The molecular weight excluding hydrogens is 470 g/mol. The van der Waals surface area contributed by atoms with E-state index in [1.807, 2.05) is 30.9 Å². The largest absolute Gasteiger partial charge is 0.385 e. The van der Waals surface area contributed by atoms with Crippen LogP contribution in [0, 0.1) is 11.3 Å². The first kappa shape index (κ1) is 29.1. The molecular formula is C30H46F2N4O. The summed E-state index contributed by atoms with van der Waals surface area (Å²) in [4.78, 5) is 16.0. The van der Waals surface area contributed by atoms with Crippen LogP contribution in [-0.4, -0.2) is 53.6 Å². The van der Waals surface area contributed by atoms with Gasteiger partial charge in [0, 0.05) is 55.9 Å². The van der Waals surface area contributed by atoms with Gasteiger partial charge in [0.25, 0.3) is 0 Å². The van der Waals surface area contributed by atoms with Crippen molar-refractivity contribution in [3.8, 4) is 0 Å². The van der Waals surface area contributed by atoms with Gasteiger partial charge < -0.3 is 15.1 Å². The molecule has 0 fully saturated rings. The molecule has 0 spiro atoms. The number of nitrogens with zero attached hydrogens (tertiary/aromatic N) is 2. The molecule has 7 heteroatoms. The summed E-state index contributed by atoms with van der Waals surface area (Å²) in [5.74, 6) is -0.495. The average Bonchev–Trinajstić information content (AvgIpc) is 2.88. The highest BCUT2D eigenvalue weighted by molar-refractivity contribution is 5.99. The Morgan fingerprint density at radius 3 is 2.46 bits per heavy atom. The number of amidine groups is 1. The van der Waals surface area contributed by atoms with Gasteiger partial charge in [-0.1, -0.05) is 45.8 Å². The highest BCUT2D eigenvalue weighted by atomic mass is 19.3. The van der Waals surface area contributed by atoms with E-state index in [0.29, 0.717) is 37.9 Å². The Hall–Kier alpha value is -2.44. The predicted octanol–water partition coefficient (Wildman–Crippen LogP) is 6.95. The highest BCUT2D eigenvalue weighted by Gasteiger charge is 2.37. The van der Waals surface area contributed by atoms with E-state index in [0.717, 1.165) is 78.6 Å². The van der Waals surface area contributed by atoms with Crippen molar-refractivity contribution in [1.29, 1.82) is 5.41 Å². The van der Waals surface area contributed by atoms with Gasteiger partial charge in [0.15, 0.2) is 0 Å². The Morgan fingerprint density at radius 1 is 1.19 bits per heavy atom. The van der Waals surface area contributed by atoms with Gasteiger partial charge in [0.05, 0.1) is 12.5 Å². The molecule has 3 rings (SSSR count). The van der Waals surface area contributed by atoms with Crippen molar-refractivity contribution in [2.45, 2.75) is 105 Å². The quantitative estimate of drug-likeness (QED) is 0.244. The van der Waals surface area contributed by atoms with Crippen LogP contribution in [0.4, 0.5) is 8.78 Å². The van der Waals surface area contributed by atoms with Crippen LogP contribution in [0.1, 0.15) is 92.4 Å². The van der Waals surface area contributed by atoms with Gasteiger partial charge in [-0.05, 0) is 55.7 Å². The molecule has 1 atom stereocenters.